The van der Waals surface area contributed by atoms with Crippen LogP contribution in [-0.2, 0) is 0 Å². The Hall–Kier alpha value is -1.08. The molecule has 0 bridgehead atoms. The molecule has 0 amide bonds. The molecule has 0 saturated heterocycles. The van der Waals surface area contributed by atoms with E-state index in [1.165, 1.54) is 5.56 Å². The number of hydrogen-bond donors (Lipinski definition) is 1. The molecule has 0 heterocycles. The molecule has 1 heteroatoms. The van der Waals surface area contributed by atoms with Crippen molar-refractivity contribution >= 4 is 0 Å². The first-order valence-electron chi connectivity index (χ1n) is 5.04. The SMILES string of the molecule is C=CC[C@@H](O)c1ccccc1C(C)C. The van der Waals surface area contributed by atoms with Gasteiger partial charge in [-0.15, -0.1) is 6.58 Å². The van der Waals surface area contributed by atoms with Crippen molar-refractivity contribution in [1.82, 2.24) is 0 Å². The van der Waals surface area contributed by atoms with Crippen LogP contribution in [0.15, 0.2) is 36.9 Å². The Morgan fingerprint density at radius 2 is 1.86 bits per heavy atom. The zero-order valence-electron chi connectivity index (χ0n) is 8.90. The van der Waals surface area contributed by atoms with Crippen LogP contribution in [0, 0.1) is 0 Å². The van der Waals surface area contributed by atoms with Crippen LogP contribution in [0.3, 0.4) is 0 Å². The maximum Gasteiger partial charge on any atom is 0.0827 e. The molecule has 0 unspecified atom stereocenters. The fourth-order valence-corrected chi connectivity index (χ4v) is 1.62. The third-order valence-corrected chi connectivity index (χ3v) is 2.37. The van der Waals surface area contributed by atoms with E-state index in [0.29, 0.717) is 12.3 Å². The van der Waals surface area contributed by atoms with Gasteiger partial charge in [-0.3, -0.25) is 0 Å². The maximum atomic E-state index is 9.88. The van der Waals surface area contributed by atoms with Crippen molar-refractivity contribution in [3.05, 3.63) is 48.0 Å². The summed E-state index contributed by atoms with van der Waals surface area (Å²) in [6.07, 6.45) is 1.96. The quantitative estimate of drug-likeness (QED) is 0.721. The van der Waals surface area contributed by atoms with E-state index in [1.807, 2.05) is 18.2 Å². The molecule has 1 rings (SSSR count). The molecule has 1 aromatic carbocycles. The largest absolute Gasteiger partial charge is 0.388 e. The highest BCUT2D eigenvalue weighted by atomic mass is 16.3. The molecule has 1 nitrogen and oxygen atoms in total. The van der Waals surface area contributed by atoms with Gasteiger partial charge in [0.05, 0.1) is 6.10 Å². The molecule has 1 N–H and O–H groups in total. The predicted molar refractivity (Wildman–Crippen MR) is 60.3 cm³/mol. The Morgan fingerprint density at radius 1 is 1.29 bits per heavy atom. The summed E-state index contributed by atoms with van der Waals surface area (Å²) >= 11 is 0. The second-order valence-corrected chi connectivity index (χ2v) is 3.82. The summed E-state index contributed by atoms with van der Waals surface area (Å²) in [5.41, 5.74) is 2.25. The van der Waals surface area contributed by atoms with Gasteiger partial charge in [-0.05, 0) is 23.5 Å². The molecule has 1 aromatic rings. The molecule has 76 valence electrons. The van der Waals surface area contributed by atoms with Gasteiger partial charge < -0.3 is 5.11 Å². The van der Waals surface area contributed by atoms with Gasteiger partial charge in [0, 0.05) is 0 Å². The highest BCUT2D eigenvalue weighted by molar-refractivity contribution is 5.31. The van der Waals surface area contributed by atoms with Crippen molar-refractivity contribution in [3.8, 4) is 0 Å². The first kappa shape index (κ1) is 11.0. The molecule has 0 radical (unpaired) electrons. The summed E-state index contributed by atoms with van der Waals surface area (Å²) in [5, 5.41) is 9.88. The number of aliphatic hydroxyl groups is 1. The van der Waals surface area contributed by atoms with E-state index in [0.717, 1.165) is 5.56 Å². The zero-order chi connectivity index (χ0) is 10.6. The zero-order valence-corrected chi connectivity index (χ0v) is 8.90. The monoisotopic (exact) mass is 190 g/mol. The highest BCUT2D eigenvalue weighted by Crippen LogP contribution is 2.26. The summed E-state index contributed by atoms with van der Waals surface area (Å²) in [7, 11) is 0. The van der Waals surface area contributed by atoms with E-state index in [2.05, 4.69) is 26.5 Å². The highest BCUT2D eigenvalue weighted by Gasteiger charge is 2.12. The van der Waals surface area contributed by atoms with Crippen molar-refractivity contribution in [2.75, 3.05) is 0 Å². The predicted octanol–water partition coefficient (Wildman–Crippen LogP) is 3.42. The van der Waals surface area contributed by atoms with Crippen LogP contribution in [0.1, 0.15) is 43.4 Å². The topological polar surface area (TPSA) is 20.2 Å². The van der Waals surface area contributed by atoms with Gasteiger partial charge in [0.2, 0.25) is 0 Å². The second-order valence-electron chi connectivity index (χ2n) is 3.82. The van der Waals surface area contributed by atoms with Crippen LogP contribution in [0.5, 0.6) is 0 Å². The Balaban J connectivity index is 2.99. The van der Waals surface area contributed by atoms with Crippen molar-refractivity contribution in [3.63, 3.8) is 0 Å². The summed E-state index contributed by atoms with van der Waals surface area (Å²) in [5.74, 6) is 0.450. The summed E-state index contributed by atoms with van der Waals surface area (Å²) in [6, 6.07) is 8.04. The van der Waals surface area contributed by atoms with Gasteiger partial charge in [0.1, 0.15) is 0 Å². The molecule has 0 aromatic heterocycles. The van der Waals surface area contributed by atoms with Crippen molar-refractivity contribution in [1.29, 1.82) is 0 Å². The lowest BCUT2D eigenvalue weighted by Gasteiger charge is -2.16. The lowest BCUT2D eigenvalue weighted by molar-refractivity contribution is 0.180. The van der Waals surface area contributed by atoms with Gasteiger partial charge in [0.15, 0.2) is 0 Å². The number of aliphatic hydroxyl groups excluding tert-OH is 1. The number of rotatable bonds is 4. The third kappa shape index (κ3) is 2.46. The van der Waals surface area contributed by atoms with E-state index < -0.39 is 6.10 Å². The fourth-order valence-electron chi connectivity index (χ4n) is 1.62. The van der Waals surface area contributed by atoms with Crippen LogP contribution < -0.4 is 0 Å². The van der Waals surface area contributed by atoms with Crippen LogP contribution >= 0.6 is 0 Å². The molecule has 0 fully saturated rings. The summed E-state index contributed by atoms with van der Waals surface area (Å²) in [4.78, 5) is 0. The van der Waals surface area contributed by atoms with Crippen LogP contribution in [0.4, 0.5) is 0 Å². The van der Waals surface area contributed by atoms with Crippen molar-refractivity contribution in [2.45, 2.75) is 32.3 Å². The average molecular weight is 190 g/mol. The molecule has 0 spiro atoms. The Labute approximate surface area is 86.1 Å². The van der Waals surface area contributed by atoms with E-state index in [-0.39, 0.29) is 0 Å². The van der Waals surface area contributed by atoms with Crippen LogP contribution in [-0.4, -0.2) is 5.11 Å². The smallest absolute Gasteiger partial charge is 0.0827 e. The molecule has 0 aliphatic rings. The van der Waals surface area contributed by atoms with Crippen LogP contribution in [0.25, 0.3) is 0 Å². The lowest BCUT2D eigenvalue weighted by atomic mass is 9.93. The molecule has 0 aliphatic carbocycles. The van der Waals surface area contributed by atoms with Gasteiger partial charge in [-0.2, -0.15) is 0 Å². The Kier molecular flexibility index (Phi) is 3.90. The minimum atomic E-state index is -0.411. The maximum absolute atomic E-state index is 9.88. The van der Waals surface area contributed by atoms with E-state index in [9.17, 15) is 5.11 Å². The molecule has 0 aliphatic heterocycles. The minimum Gasteiger partial charge on any atom is -0.388 e. The van der Waals surface area contributed by atoms with Crippen molar-refractivity contribution in [2.24, 2.45) is 0 Å². The Bertz CT molecular complexity index is 302. The van der Waals surface area contributed by atoms with Gasteiger partial charge >= 0.3 is 0 Å². The lowest BCUT2D eigenvalue weighted by Crippen LogP contribution is -2.02. The van der Waals surface area contributed by atoms with E-state index >= 15 is 0 Å². The summed E-state index contributed by atoms with van der Waals surface area (Å²) < 4.78 is 0. The normalized spacial score (nSPS) is 12.9. The minimum absolute atomic E-state index is 0.411. The number of benzene rings is 1. The fraction of sp³-hybridized carbons (Fsp3) is 0.385. The Morgan fingerprint density at radius 3 is 2.36 bits per heavy atom. The van der Waals surface area contributed by atoms with Gasteiger partial charge in [-0.1, -0.05) is 44.2 Å². The molecular weight excluding hydrogens is 172 g/mol. The van der Waals surface area contributed by atoms with Gasteiger partial charge in [0.25, 0.3) is 0 Å². The first-order valence-corrected chi connectivity index (χ1v) is 5.04. The second kappa shape index (κ2) is 4.97. The average Bonchev–Trinajstić information content (AvgIpc) is 2.18. The molecule has 1 atom stereocenters. The number of hydrogen-bond acceptors (Lipinski definition) is 1. The molecule has 14 heavy (non-hydrogen) atoms. The molecule has 0 saturated carbocycles. The van der Waals surface area contributed by atoms with Gasteiger partial charge in [-0.25, -0.2) is 0 Å². The first-order chi connectivity index (χ1) is 6.66. The van der Waals surface area contributed by atoms with Crippen molar-refractivity contribution < 1.29 is 5.11 Å². The van der Waals surface area contributed by atoms with E-state index in [4.69, 9.17) is 0 Å². The molecular formula is C13H18O. The van der Waals surface area contributed by atoms with E-state index in [1.54, 1.807) is 6.08 Å². The summed E-state index contributed by atoms with van der Waals surface area (Å²) in [6.45, 7) is 7.92. The third-order valence-electron chi connectivity index (χ3n) is 2.37. The standard InChI is InChI=1S/C13H18O/c1-4-7-13(14)12-9-6-5-8-11(12)10(2)3/h4-6,8-10,13-14H,1,7H2,2-3H3/t13-/m1/s1. The van der Waals surface area contributed by atoms with Crippen LogP contribution in [0.2, 0.25) is 0 Å².